The summed E-state index contributed by atoms with van der Waals surface area (Å²) in [6.45, 7) is 13.7. The summed E-state index contributed by atoms with van der Waals surface area (Å²) in [6, 6.07) is 8.52. The van der Waals surface area contributed by atoms with E-state index in [1.807, 2.05) is 0 Å². The van der Waals surface area contributed by atoms with Gasteiger partial charge in [0.15, 0.2) is 0 Å². The topological polar surface area (TPSA) is 18.5 Å². The Morgan fingerprint density at radius 3 is 2.52 bits per heavy atom. The van der Waals surface area contributed by atoms with Crippen LogP contribution < -0.4 is 0 Å². The van der Waals surface area contributed by atoms with Gasteiger partial charge in [0, 0.05) is 0 Å². The summed E-state index contributed by atoms with van der Waals surface area (Å²) in [5.74, 6) is 0.444. The summed E-state index contributed by atoms with van der Waals surface area (Å²) in [5.41, 5.74) is 3.24. The SMILES string of the molecule is C=C1[C@@H](OCc2ccc(C)cc2)[C@]2(C)CC[C@@]1(C(C)C)O2. The highest BCUT2D eigenvalue weighted by atomic mass is 16.6. The smallest absolute Gasteiger partial charge is 0.110 e. The van der Waals surface area contributed by atoms with E-state index >= 15 is 0 Å². The van der Waals surface area contributed by atoms with Crippen LogP contribution in [0.1, 0.15) is 44.7 Å². The molecular weight excluding hydrogens is 260 g/mol. The van der Waals surface area contributed by atoms with Crippen molar-refractivity contribution in [2.24, 2.45) is 5.92 Å². The molecular formula is C19H26O2. The Balaban J connectivity index is 1.74. The monoisotopic (exact) mass is 286 g/mol. The summed E-state index contributed by atoms with van der Waals surface area (Å²) in [5, 5.41) is 0. The van der Waals surface area contributed by atoms with Crippen molar-refractivity contribution in [1.29, 1.82) is 0 Å². The second-order valence-electron chi connectivity index (χ2n) is 7.16. The van der Waals surface area contributed by atoms with Gasteiger partial charge in [0.05, 0.1) is 17.8 Å². The Kier molecular flexibility index (Phi) is 3.50. The van der Waals surface area contributed by atoms with Crippen LogP contribution >= 0.6 is 0 Å². The lowest BCUT2D eigenvalue weighted by atomic mass is 9.72. The molecule has 0 amide bonds. The molecule has 21 heavy (non-hydrogen) atoms. The van der Waals surface area contributed by atoms with Crippen molar-refractivity contribution >= 4 is 0 Å². The Morgan fingerprint density at radius 1 is 1.29 bits per heavy atom. The molecule has 114 valence electrons. The van der Waals surface area contributed by atoms with Crippen molar-refractivity contribution in [3.8, 4) is 0 Å². The number of aryl methyl sites for hydroxylation is 1. The second kappa shape index (κ2) is 4.96. The lowest BCUT2D eigenvalue weighted by molar-refractivity contribution is -0.0959. The van der Waals surface area contributed by atoms with Crippen molar-refractivity contribution in [2.45, 2.75) is 64.4 Å². The minimum Gasteiger partial charge on any atom is -0.366 e. The van der Waals surface area contributed by atoms with E-state index in [0.717, 1.165) is 18.4 Å². The Hall–Kier alpha value is -1.12. The number of rotatable bonds is 4. The van der Waals surface area contributed by atoms with Gasteiger partial charge in [-0.2, -0.15) is 0 Å². The maximum Gasteiger partial charge on any atom is 0.110 e. The highest BCUT2D eigenvalue weighted by molar-refractivity contribution is 5.33. The molecule has 0 radical (unpaired) electrons. The molecule has 3 atom stereocenters. The number of benzene rings is 1. The molecule has 2 aliphatic heterocycles. The largest absolute Gasteiger partial charge is 0.366 e. The highest BCUT2D eigenvalue weighted by Crippen LogP contribution is 2.57. The molecule has 0 saturated carbocycles. The molecule has 0 aliphatic carbocycles. The summed E-state index contributed by atoms with van der Waals surface area (Å²) < 4.78 is 12.6. The van der Waals surface area contributed by atoms with Crippen LogP contribution in [0.4, 0.5) is 0 Å². The third kappa shape index (κ3) is 2.25. The maximum absolute atomic E-state index is 6.42. The molecule has 3 rings (SSSR count). The lowest BCUT2D eigenvalue weighted by Crippen LogP contribution is -2.40. The Morgan fingerprint density at radius 2 is 1.95 bits per heavy atom. The van der Waals surface area contributed by atoms with Crippen LogP contribution in [-0.2, 0) is 16.1 Å². The van der Waals surface area contributed by atoms with Gasteiger partial charge >= 0.3 is 0 Å². The van der Waals surface area contributed by atoms with E-state index in [1.54, 1.807) is 0 Å². The molecule has 2 heteroatoms. The second-order valence-corrected chi connectivity index (χ2v) is 7.16. The molecule has 2 nitrogen and oxygen atoms in total. The quantitative estimate of drug-likeness (QED) is 0.763. The summed E-state index contributed by atoms with van der Waals surface area (Å²) >= 11 is 0. The van der Waals surface area contributed by atoms with Gasteiger partial charge in [-0.25, -0.2) is 0 Å². The Bertz CT molecular complexity index is 545. The normalized spacial score (nSPS) is 34.9. The first-order valence-electron chi connectivity index (χ1n) is 7.94. The zero-order valence-electron chi connectivity index (χ0n) is 13.6. The zero-order chi connectivity index (χ0) is 15.3. The molecule has 2 saturated heterocycles. The molecule has 2 bridgehead atoms. The third-order valence-electron chi connectivity index (χ3n) is 5.29. The zero-order valence-corrected chi connectivity index (χ0v) is 13.6. The van der Waals surface area contributed by atoms with E-state index in [9.17, 15) is 0 Å². The van der Waals surface area contributed by atoms with Crippen LogP contribution in [0.25, 0.3) is 0 Å². The van der Waals surface area contributed by atoms with Gasteiger partial charge in [-0.3, -0.25) is 0 Å². The number of hydrogen-bond donors (Lipinski definition) is 0. The van der Waals surface area contributed by atoms with E-state index in [2.05, 4.69) is 58.5 Å². The highest BCUT2D eigenvalue weighted by Gasteiger charge is 2.63. The fourth-order valence-electron chi connectivity index (χ4n) is 3.87. The van der Waals surface area contributed by atoms with Crippen molar-refractivity contribution in [3.63, 3.8) is 0 Å². The number of ether oxygens (including phenoxy) is 2. The van der Waals surface area contributed by atoms with Crippen LogP contribution in [0.2, 0.25) is 0 Å². The van der Waals surface area contributed by atoms with Crippen molar-refractivity contribution in [2.75, 3.05) is 0 Å². The molecule has 2 fully saturated rings. The van der Waals surface area contributed by atoms with Crippen LogP contribution in [0.3, 0.4) is 0 Å². The fraction of sp³-hybridized carbons (Fsp3) is 0.579. The van der Waals surface area contributed by atoms with Gasteiger partial charge < -0.3 is 9.47 Å². The first-order valence-corrected chi connectivity index (χ1v) is 7.94. The van der Waals surface area contributed by atoms with Gasteiger partial charge in [0.2, 0.25) is 0 Å². The van der Waals surface area contributed by atoms with E-state index < -0.39 is 0 Å². The van der Waals surface area contributed by atoms with Gasteiger partial charge in [0.1, 0.15) is 6.10 Å². The van der Waals surface area contributed by atoms with Crippen LogP contribution in [-0.4, -0.2) is 17.3 Å². The predicted molar refractivity (Wildman–Crippen MR) is 85.2 cm³/mol. The van der Waals surface area contributed by atoms with Crippen molar-refractivity contribution in [1.82, 2.24) is 0 Å². The number of fused-ring (bicyclic) bond motifs is 2. The van der Waals surface area contributed by atoms with Gasteiger partial charge in [-0.05, 0) is 43.7 Å². The molecule has 1 aromatic rings. The number of hydrogen-bond acceptors (Lipinski definition) is 2. The summed E-state index contributed by atoms with van der Waals surface area (Å²) in [4.78, 5) is 0. The van der Waals surface area contributed by atoms with Gasteiger partial charge in [-0.1, -0.05) is 50.3 Å². The predicted octanol–water partition coefficient (Wildman–Crippen LogP) is 4.41. The molecule has 0 N–H and O–H groups in total. The van der Waals surface area contributed by atoms with Crippen LogP contribution in [0.5, 0.6) is 0 Å². The summed E-state index contributed by atoms with van der Waals surface area (Å²) in [7, 11) is 0. The van der Waals surface area contributed by atoms with Crippen LogP contribution in [0, 0.1) is 12.8 Å². The standard InChI is InChI=1S/C19H26O2/c1-13(2)19-11-10-18(5,21-19)17(15(19)4)20-12-16-8-6-14(3)7-9-16/h6-9,13,17H,4,10-12H2,1-3,5H3/t17-,18+,19+/m1/s1. The first-order chi connectivity index (χ1) is 9.87. The fourth-order valence-corrected chi connectivity index (χ4v) is 3.87. The third-order valence-corrected chi connectivity index (χ3v) is 5.29. The maximum atomic E-state index is 6.42. The molecule has 2 aliphatic rings. The molecule has 0 spiro atoms. The summed E-state index contributed by atoms with van der Waals surface area (Å²) in [6.07, 6.45) is 2.14. The molecule has 2 heterocycles. The average Bonchev–Trinajstić information content (AvgIpc) is 2.90. The van der Waals surface area contributed by atoms with Crippen molar-refractivity contribution < 1.29 is 9.47 Å². The van der Waals surface area contributed by atoms with Gasteiger partial charge in [-0.15, -0.1) is 0 Å². The van der Waals surface area contributed by atoms with Crippen molar-refractivity contribution in [3.05, 3.63) is 47.5 Å². The minimum absolute atomic E-state index is 0.00922. The molecule has 0 aromatic heterocycles. The van der Waals surface area contributed by atoms with E-state index in [4.69, 9.17) is 9.47 Å². The lowest BCUT2D eigenvalue weighted by Gasteiger charge is -2.34. The molecule has 0 unspecified atom stereocenters. The minimum atomic E-state index is -0.202. The van der Waals surface area contributed by atoms with E-state index in [-0.39, 0.29) is 17.3 Å². The molecule has 1 aromatic carbocycles. The van der Waals surface area contributed by atoms with Crippen LogP contribution in [0.15, 0.2) is 36.4 Å². The first kappa shape index (κ1) is 14.8. The van der Waals surface area contributed by atoms with E-state index in [1.165, 1.54) is 11.1 Å². The average molecular weight is 286 g/mol. The Labute approximate surface area is 128 Å². The van der Waals surface area contributed by atoms with Gasteiger partial charge in [0.25, 0.3) is 0 Å². The van der Waals surface area contributed by atoms with E-state index in [0.29, 0.717) is 12.5 Å².